The van der Waals surface area contributed by atoms with Crippen LogP contribution in [0.3, 0.4) is 0 Å². The third-order valence-corrected chi connectivity index (χ3v) is 3.31. The highest BCUT2D eigenvalue weighted by molar-refractivity contribution is 6.30. The molecule has 3 nitrogen and oxygen atoms in total. The van der Waals surface area contributed by atoms with Crippen LogP contribution in [0.4, 0.5) is 0 Å². The third-order valence-electron chi connectivity index (χ3n) is 3.08. The molecule has 0 fully saturated rings. The fourth-order valence-electron chi connectivity index (χ4n) is 2.15. The zero-order valence-corrected chi connectivity index (χ0v) is 12.2. The lowest BCUT2D eigenvalue weighted by Crippen LogP contribution is -2.16. The van der Waals surface area contributed by atoms with E-state index in [9.17, 15) is 0 Å². The average Bonchev–Trinajstić information content (AvgIpc) is 2.87. The SMILES string of the molecule is CCCNCc1cc(Cl)ccc1-n1ccnc1CC. The molecule has 0 unspecified atom stereocenters. The van der Waals surface area contributed by atoms with E-state index in [2.05, 4.69) is 34.8 Å². The van der Waals surface area contributed by atoms with Gasteiger partial charge < -0.3 is 9.88 Å². The summed E-state index contributed by atoms with van der Waals surface area (Å²) in [5.74, 6) is 1.07. The van der Waals surface area contributed by atoms with Gasteiger partial charge in [0.1, 0.15) is 5.82 Å². The lowest BCUT2D eigenvalue weighted by atomic mass is 10.1. The zero-order chi connectivity index (χ0) is 13.7. The summed E-state index contributed by atoms with van der Waals surface area (Å²) in [6.45, 7) is 6.11. The van der Waals surface area contributed by atoms with Gasteiger partial charge in [-0.05, 0) is 36.7 Å². The van der Waals surface area contributed by atoms with E-state index in [1.165, 1.54) is 5.56 Å². The second-order valence-corrected chi connectivity index (χ2v) is 4.95. The van der Waals surface area contributed by atoms with Crippen molar-refractivity contribution in [2.24, 2.45) is 0 Å². The lowest BCUT2D eigenvalue weighted by molar-refractivity contribution is 0.672. The van der Waals surface area contributed by atoms with Gasteiger partial charge in [0.15, 0.2) is 0 Å². The number of benzene rings is 1. The van der Waals surface area contributed by atoms with E-state index >= 15 is 0 Å². The number of halogens is 1. The normalized spacial score (nSPS) is 10.9. The maximum absolute atomic E-state index is 6.11. The molecule has 1 heterocycles. The van der Waals surface area contributed by atoms with Gasteiger partial charge in [-0.3, -0.25) is 0 Å². The van der Waals surface area contributed by atoms with E-state index in [4.69, 9.17) is 11.6 Å². The summed E-state index contributed by atoms with van der Waals surface area (Å²) in [7, 11) is 0. The van der Waals surface area contributed by atoms with Crippen LogP contribution in [0, 0.1) is 0 Å². The maximum atomic E-state index is 6.11. The van der Waals surface area contributed by atoms with E-state index in [-0.39, 0.29) is 0 Å². The van der Waals surface area contributed by atoms with E-state index in [0.29, 0.717) is 0 Å². The van der Waals surface area contributed by atoms with Crippen molar-refractivity contribution in [3.63, 3.8) is 0 Å². The Labute approximate surface area is 119 Å². The number of nitrogens with zero attached hydrogens (tertiary/aromatic N) is 2. The molecule has 19 heavy (non-hydrogen) atoms. The highest BCUT2D eigenvalue weighted by Crippen LogP contribution is 2.21. The Bertz CT molecular complexity index is 534. The molecule has 102 valence electrons. The third kappa shape index (κ3) is 3.37. The Balaban J connectivity index is 2.33. The van der Waals surface area contributed by atoms with Gasteiger partial charge in [-0.25, -0.2) is 4.98 Å². The maximum Gasteiger partial charge on any atom is 0.112 e. The zero-order valence-electron chi connectivity index (χ0n) is 11.5. The van der Waals surface area contributed by atoms with Crippen LogP contribution in [0.15, 0.2) is 30.6 Å². The second kappa shape index (κ2) is 6.73. The Morgan fingerprint density at radius 1 is 1.32 bits per heavy atom. The molecule has 0 spiro atoms. The molecule has 0 atom stereocenters. The highest BCUT2D eigenvalue weighted by Gasteiger charge is 2.08. The molecule has 0 aliphatic heterocycles. The molecule has 2 aromatic rings. The van der Waals surface area contributed by atoms with Crippen LogP contribution in [0.1, 0.15) is 31.7 Å². The molecule has 2 rings (SSSR count). The smallest absolute Gasteiger partial charge is 0.112 e. The molecule has 0 bridgehead atoms. The molecular weight excluding hydrogens is 258 g/mol. The van der Waals surface area contributed by atoms with Crippen molar-refractivity contribution >= 4 is 11.6 Å². The molecular formula is C15H20ClN3. The van der Waals surface area contributed by atoms with Crippen LogP contribution < -0.4 is 5.32 Å². The second-order valence-electron chi connectivity index (χ2n) is 4.52. The molecule has 4 heteroatoms. The minimum atomic E-state index is 0.773. The number of hydrogen-bond acceptors (Lipinski definition) is 2. The summed E-state index contributed by atoms with van der Waals surface area (Å²) < 4.78 is 2.14. The number of imidazole rings is 1. The minimum Gasteiger partial charge on any atom is -0.313 e. The summed E-state index contributed by atoms with van der Waals surface area (Å²) in [5.41, 5.74) is 2.36. The molecule has 1 N–H and O–H groups in total. The van der Waals surface area contributed by atoms with Crippen molar-refractivity contribution in [1.82, 2.24) is 14.9 Å². The predicted octanol–water partition coefficient (Wildman–Crippen LogP) is 3.59. The largest absolute Gasteiger partial charge is 0.313 e. The van der Waals surface area contributed by atoms with E-state index in [1.54, 1.807) is 0 Å². The topological polar surface area (TPSA) is 29.9 Å². The van der Waals surface area contributed by atoms with Crippen molar-refractivity contribution in [3.05, 3.63) is 47.0 Å². The Kier molecular flexibility index (Phi) is 5.00. The average molecular weight is 278 g/mol. The number of hydrogen-bond donors (Lipinski definition) is 1. The fraction of sp³-hybridized carbons (Fsp3) is 0.400. The fourth-order valence-corrected chi connectivity index (χ4v) is 2.34. The van der Waals surface area contributed by atoms with Crippen molar-refractivity contribution < 1.29 is 0 Å². The first-order valence-electron chi connectivity index (χ1n) is 6.78. The van der Waals surface area contributed by atoms with Gasteiger partial charge in [0, 0.05) is 30.4 Å². The summed E-state index contributed by atoms with van der Waals surface area (Å²) >= 11 is 6.11. The monoisotopic (exact) mass is 277 g/mol. The van der Waals surface area contributed by atoms with E-state index in [0.717, 1.165) is 42.5 Å². The van der Waals surface area contributed by atoms with Crippen LogP contribution in [-0.4, -0.2) is 16.1 Å². The summed E-state index contributed by atoms with van der Waals surface area (Å²) in [6, 6.07) is 6.02. The first kappa shape index (κ1) is 14.1. The molecule has 0 saturated heterocycles. The van der Waals surface area contributed by atoms with Crippen LogP contribution in [-0.2, 0) is 13.0 Å². The highest BCUT2D eigenvalue weighted by atomic mass is 35.5. The van der Waals surface area contributed by atoms with Gasteiger partial charge in [-0.2, -0.15) is 0 Å². The Hall–Kier alpha value is -1.32. The molecule has 0 saturated carbocycles. The number of nitrogens with one attached hydrogen (secondary N) is 1. The van der Waals surface area contributed by atoms with Gasteiger partial charge in [-0.15, -0.1) is 0 Å². The van der Waals surface area contributed by atoms with Crippen molar-refractivity contribution in [2.45, 2.75) is 33.2 Å². The standard InChI is InChI=1S/C15H20ClN3/c1-3-7-17-11-12-10-13(16)5-6-14(12)19-9-8-18-15(19)4-2/h5-6,8-10,17H,3-4,7,11H2,1-2H3. The number of rotatable bonds is 6. The molecule has 0 aliphatic carbocycles. The molecule has 0 radical (unpaired) electrons. The number of aromatic nitrogens is 2. The van der Waals surface area contributed by atoms with Gasteiger partial charge in [0.05, 0.1) is 5.69 Å². The van der Waals surface area contributed by atoms with Gasteiger partial charge >= 0.3 is 0 Å². The Morgan fingerprint density at radius 2 is 2.16 bits per heavy atom. The predicted molar refractivity (Wildman–Crippen MR) is 79.9 cm³/mol. The van der Waals surface area contributed by atoms with Gasteiger partial charge in [0.25, 0.3) is 0 Å². The van der Waals surface area contributed by atoms with Crippen LogP contribution in [0.25, 0.3) is 5.69 Å². The summed E-state index contributed by atoms with van der Waals surface area (Å²) in [4.78, 5) is 4.38. The van der Waals surface area contributed by atoms with Gasteiger partial charge in [-0.1, -0.05) is 25.4 Å². The van der Waals surface area contributed by atoms with E-state index < -0.39 is 0 Å². The Morgan fingerprint density at radius 3 is 2.89 bits per heavy atom. The quantitative estimate of drug-likeness (QED) is 0.818. The van der Waals surface area contributed by atoms with E-state index in [1.807, 2.05) is 24.5 Å². The van der Waals surface area contributed by atoms with Crippen molar-refractivity contribution in [2.75, 3.05) is 6.54 Å². The molecule has 0 aliphatic rings. The van der Waals surface area contributed by atoms with Crippen LogP contribution in [0.2, 0.25) is 5.02 Å². The first-order chi connectivity index (χ1) is 9.26. The van der Waals surface area contributed by atoms with Crippen molar-refractivity contribution in [3.8, 4) is 5.69 Å². The van der Waals surface area contributed by atoms with Crippen molar-refractivity contribution in [1.29, 1.82) is 0 Å². The first-order valence-corrected chi connectivity index (χ1v) is 7.15. The summed E-state index contributed by atoms with van der Waals surface area (Å²) in [5, 5.41) is 4.20. The summed E-state index contributed by atoms with van der Waals surface area (Å²) in [6.07, 6.45) is 5.89. The number of aryl methyl sites for hydroxylation is 1. The molecule has 1 aromatic carbocycles. The van der Waals surface area contributed by atoms with Gasteiger partial charge in [0.2, 0.25) is 0 Å². The molecule has 1 aromatic heterocycles. The van der Waals surface area contributed by atoms with Crippen LogP contribution in [0.5, 0.6) is 0 Å². The molecule has 0 amide bonds. The van der Waals surface area contributed by atoms with Crippen LogP contribution >= 0.6 is 11.6 Å². The lowest BCUT2D eigenvalue weighted by Gasteiger charge is -2.13. The minimum absolute atomic E-state index is 0.773.